The standard InChI is InChI=1S/C13H16BrN3S/c1-3-16-13(5-12-8-18-9(2)17-12)10-4-11(14)7-15-6-10/h4,6-8,13,16H,3,5H2,1-2H3. The molecule has 0 bridgehead atoms. The van der Waals surface area contributed by atoms with Crippen LogP contribution in [0.15, 0.2) is 28.3 Å². The first-order valence-corrected chi connectivity index (χ1v) is 7.61. The van der Waals surface area contributed by atoms with Crippen molar-refractivity contribution in [3.05, 3.63) is 44.6 Å². The lowest BCUT2D eigenvalue weighted by Gasteiger charge is -2.17. The molecule has 1 atom stereocenters. The van der Waals surface area contributed by atoms with E-state index in [-0.39, 0.29) is 6.04 Å². The molecule has 3 nitrogen and oxygen atoms in total. The van der Waals surface area contributed by atoms with E-state index in [0.717, 1.165) is 28.1 Å². The minimum atomic E-state index is 0.265. The number of hydrogen-bond donors (Lipinski definition) is 1. The molecule has 18 heavy (non-hydrogen) atoms. The molecule has 0 saturated carbocycles. The van der Waals surface area contributed by atoms with Crippen molar-refractivity contribution in [2.24, 2.45) is 0 Å². The predicted molar refractivity (Wildman–Crippen MR) is 78.9 cm³/mol. The van der Waals surface area contributed by atoms with E-state index in [9.17, 15) is 0 Å². The molecule has 0 aliphatic carbocycles. The van der Waals surface area contributed by atoms with Gasteiger partial charge in [0.05, 0.1) is 10.7 Å². The van der Waals surface area contributed by atoms with Gasteiger partial charge in [0.25, 0.3) is 0 Å². The minimum absolute atomic E-state index is 0.265. The van der Waals surface area contributed by atoms with Gasteiger partial charge in [-0.05, 0) is 41.0 Å². The molecular weight excluding hydrogens is 310 g/mol. The molecule has 96 valence electrons. The normalized spacial score (nSPS) is 12.6. The second-order valence-electron chi connectivity index (χ2n) is 4.11. The number of rotatable bonds is 5. The fourth-order valence-electron chi connectivity index (χ4n) is 1.88. The number of aromatic nitrogens is 2. The summed E-state index contributed by atoms with van der Waals surface area (Å²) in [7, 11) is 0. The van der Waals surface area contributed by atoms with Crippen LogP contribution in [0.25, 0.3) is 0 Å². The number of nitrogens with zero attached hydrogens (tertiary/aromatic N) is 2. The number of thiazole rings is 1. The van der Waals surface area contributed by atoms with E-state index in [1.54, 1.807) is 17.5 Å². The van der Waals surface area contributed by atoms with Gasteiger partial charge >= 0.3 is 0 Å². The van der Waals surface area contributed by atoms with Gasteiger partial charge < -0.3 is 5.32 Å². The van der Waals surface area contributed by atoms with Crippen molar-refractivity contribution in [2.75, 3.05) is 6.54 Å². The van der Waals surface area contributed by atoms with Crippen LogP contribution in [-0.4, -0.2) is 16.5 Å². The Kier molecular flexibility index (Phi) is 4.86. The summed E-state index contributed by atoms with van der Waals surface area (Å²) >= 11 is 5.17. The Bertz CT molecular complexity index is 512. The number of pyridine rings is 1. The number of hydrogen-bond acceptors (Lipinski definition) is 4. The average molecular weight is 326 g/mol. The van der Waals surface area contributed by atoms with Crippen LogP contribution in [0.4, 0.5) is 0 Å². The third-order valence-electron chi connectivity index (χ3n) is 2.66. The van der Waals surface area contributed by atoms with Crippen LogP contribution in [0.1, 0.15) is 29.2 Å². The fourth-order valence-corrected chi connectivity index (χ4v) is 2.89. The molecule has 0 aromatic carbocycles. The molecule has 1 N–H and O–H groups in total. The minimum Gasteiger partial charge on any atom is -0.310 e. The van der Waals surface area contributed by atoms with Crippen LogP contribution in [0.3, 0.4) is 0 Å². The molecule has 0 fully saturated rings. The Morgan fingerprint density at radius 1 is 1.44 bits per heavy atom. The summed E-state index contributed by atoms with van der Waals surface area (Å²) in [5, 5.41) is 6.74. The van der Waals surface area contributed by atoms with Gasteiger partial charge in [-0.1, -0.05) is 6.92 Å². The first kappa shape index (κ1) is 13.6. The van der Waals surface area contributed by atoms with Crippen LogP contribution in [0.2, 0.25) is 0 Å². The van der Waals surface area contributed by atoms with Gasteiger partial charge in [0.2, 0.25) is 0 Å². The molecule has 0 amide bonds. The lowest BCUT2D eigenvalue weighted by Crippen LogP contribution is -2.23. The Balaban J connectivity index is 2.17. The molecule has 0 spiro atoms. The largest absolute Gasteiger partial charge is 0.310 e. The van der Waals surface area contributed by atoms with Gasteiger partial charge in [-0.2, -0.15) is 0 Å². The van der Waals surface area contributed by atoms with Crippen molar-refractivity contribution < 1.29 is 0 Å². The Labute approximate surface area is 120 Å². The van der Waals surface area contributed by atoms with E-state index in [1.807, 2.05) is 13.1 Å². The van der Waals surface area contributed by atoms with E-state index in [0.29, 0.717) is 0 Å². The second kappa shape index (κ2) is 6.41. The first-order valence-electron chi connectivity index (χ1n) is 5.94. The summed E-state index contributed by atoms with van der Waals surface area (Å²) in [6, 6.07) is 2.38. The Morgan fingerprint density at radius 2 is 2.28 bits per heavy atom. The molecule has 5 heteroatoms. The van der Waals surface area contributed by atoms with E-state index in [2.05, 4.69) is 49.6 Å². The average Bonchev–Trinajstić information content (AvgIpc) is 2.74. The summed E-state index contributed by atoms with van der Waals surface area (Å²) in [4.78, 5) is 8.76. The monoisotopic (exact) mass is 325 g/mol. The van der Waals surface area contributed by atoms with Crippen molar-refractivity contribution in [3.63, 3.8) is 0 Å². The van der Waals surface area contributed by atoms with Crippen LogP contribution < -0.4 is 5.32 Å². The molecule has 1 unspecified atom stereocenters. The van der Waals surface area contributed by atoms with Gasteiger partial charge in [-0.3, -0.25) is 4.98 Å². The van der Waals surface area contributed by atoms with Gasteiger partial charge in [0.15, 0.2) is 0 Å². The number of halogens is 1. The summed E-state index contributed by atoms with van der Waals surface area (Å²) in [5.74, 6) is 0. The van der Waals surface area contributed by atoms with Crippen molar-refractivity contribution in [1.82, 2.24) is 15.3 Å². The highest BCUT2D eigenvalue weighted by Gasteiger charge is 2.13. The molecule has 0 aliphatic heterocycles. The fraction of sp³-hybridized carbons (Fsp3) is 0.385. The van der Waals surface area contributed by atoms with E-state index in [4.69, 9.17) is 0 Å². The van der Waals surface area contributed by atoms with Crippen molar-refractivity contribution >= 4 is 27.3 Å². The summed E-state index contributed by atoms with van der Waals surface area (Å²) in [6.07, 6.45) is 4.62. The third-order valence-corrected chi connectivity index (χ3v) is 3.91. The van der Waals surface area contributed by atoms with Gasteiger partial charge in [-0.25, -0.2) is 4.98 Å². The number of nitrogens with one attached hydrogen (secondary N) is 1. The van der Waals surface area contributed by atoms with Gasteiger partial charge in [0, 0.05) is 34.7 Å². The Morgan fingerprint density at radius 3 is 2.89 bits per heavy atom. The third kappa shape index (κ3) is 3.60. The topological polar surface area (TPSA) is 37.8 Å². The molecule has 0 radical (unpaired) electrons. The molecule has 2 rings (SSSR count). The maximum atomic E-state index is 4.53. The maximum absolute atomic E-state index is 4.53. The van der Waals surface area contributed by atoms with E-state index in [1.165, 1.54) is 5.56 Å². The zero-order valence-electron chi connectivity index (χ0n) is 10.5. The van der Waals surface area contributed by atoms with E-state index >= 15 is 0 Å². The van der Waals surface area contributed by atoms with E-state index < -0.39 is 0 Å². The molecule has 0 saturated heterocycles. The lowest BCUT2D eigenvalue weighted by atomic mass is 10.0. The molecule has 2 aromatic rings. The molecule has 2 heterocycles. The quantitative estimate of drug-likeness (QED) is 0.914. The maximum Gasteiger partial charge on any atom is 0.0897 e. The highest BCUT2D eigenvalue weighted by atomic mass is 79.9. The first-order chi connectivity index (χ1) is 8.69. The number of aryl methyl sites for hydroxylation is 1. The molecular formula is C13H16BrN3S. The van der Waals surface area contributed by atoms with Crippen LogP contribution in [-0.2, 0) is 6.42 Å². The SMILES string of the molecule is CCNC(Cc1csc(C)n1)c1cncc(Br)c1. The van der Waals surface area contributed by atoms with Crippen LogP contribution >= 0.6 is 27.3 Å². The van der Waals surface area contributed by atoms with Gasteiger partial charge in [-0.15, -0.1) is 11.3 Å². The van der Waals surface area contributed by atoms with Crippen LogP contribution in [0, 0.1) is 6.92 Å². The molecule has 2 aromatic heterocycles. The van der Waals surface area contributed by atoms with Crippen molar-refractivity contribution in [1.29, 1.82) is 0 Å². The predicted octanol–water partition coefficient (Wildman–Crippen LogP) is 3.50. The second-order valence-corrected chi connectivity index (χ2v) is 6.09. The van der Waals surface area contributed by atoms with Crippen LogP contribution in [0.5, 0.6) is 0 Å². The molecule has 0 aliphatic rings. The van der Waals surface area contributed by atoms with Crippen molar-refractivity contribution in [3.8, 4) is 0 Å². The van der Waals surface area contributed by atoms with Gasteiger partial charge in [0.1, 0.15) is 0 Å². The highest BCUT2D eigenvalue weighted by Crippen LogP contribution is 2.21. The summed E-state index contributed by atoms with van der Waals surface area (Å²) < 4.78 is 1.01. The summed E-state index contributed by atoms with van der Waals surface area (Å²) in [6.45, 7) is 5.09. The summed E-state index contributed by atoms with van der Waals surface area (Å²) in [5.41, 5.74) is 2.33. The lowest BCUT2D eigenvalue weighted by molar-refractivity contribution is 0.543. The highest BCUT2D eigenvalue weighted by molar-refractivity contribution is 9.10. The Hall–Kier alpha value is -0.780. The zero-order chi connectivity index (χ0) is 13.0. The number of likely N-dealkylation sites (N-methyl/N-ethyl adjacent to an activating group) is 1. The van der Waals surface area contributed by atoms with Crippen molar-refractivity contribution in [2.45, 2.75) is 26.3 Å². The zero-order valence-corrected chi connectivity index (χ0v) is 12.9. The smallest absolute Gasteiger partial charge is 0.0897 e.